The van der Waals surface area contributed by atoms with Crippen LogP contribution in [-0.2, 0) is 6.54 Å². The quantitative estimate of drug-likeness (QED) is 0.692. The Kier molecular flexibility index (Phi) is 5.42. The van der Waals surface area contributed by atoms with Gasteiger partial charge in [-0.15, -0.1) is 11.3 Å². The smallest absolute Gasteiger partial charge is 0.261 e. The molecule has 3 N–H and O–H groups in total. The molecule has 0 aliphatic heterocycles. The van der Waals surface area contributed by atoms with Crippen LogP contribution in [-0.4, -0.2) is 28.8 Å². The number of thiophene rings is 1. The minimum absolute atomic E-state index is 0.0565. The van der Waals surface area contributed by atoms with Crippen molar-refractivity contribution in [1.82, 2.24) is 15.1 Å². The second kappa shape index (κ2) is 7.56. The van der Waals surface area contributed by atoms with Gasteiger partial charge in [-0.2, -0.15) is 5.10 Å². The highest BCUT2D eigenvalue weighted by Crippen LogP contribution is 2.29. The fourth-order valence-electron chi connectivity index (χ4n) is 2.53. The Hall–Kier alpha value is -1.89. The molecule has 0 bridgehead atoms. The summed E-state index contributed by atoms with van der Waals surface area (Å²) in [5.74, 6) is 0.208. The highest BCUT2D eigenvalue weighted by atomic mass is 35.5. The van der Waals surface area contributed by atoms with Gasteiger partial charge in [0.2, 0.25) is 0 Å². The maximum Gasteiger partial charge on any atom is 0.261 e. The number of nitrogens with two attached hydrogens (primary N) is 1. The number of fused-ring (bicyclic) bond motifs is 1. The van der Waals surface area contributed by atoms with Gasteiger partial charge in [0.05, 0.1) is 17.1 Å². The lowest BCUT2D eigenvalue weighted by Gasteiger charge is -2.08. The molecule has 2 heterocycles. The van der Waals surface area contributed by atoms with Crippen LogP contribution in [0.15, 0.2) is 30.3 Å². The van der Waals surface area contributed by atoms with Crippen LogP contribution in [0.3, 0.4) is 0 Å². The molecule has 0 saturated carbocycles. The molecular formula is C18H21ClN4OS. The first-order chi connectivity index (χ1) is 12.0. The highest BCUT2D eigenvalue weighted by Gasteiger charge is 2.16. The fraction of sp³-hybridized carbons (Fsp3) is 0.333. The number of nitrogens with one attached hydrogen (secondary N) is 1. The molecule has 5 nitrogen and oxygen atoms in total. The standard InChI is InChI=1S/C18H21ClN4OS/c1-11(8-20)9-21-17(24)16-7-15-12(2)22-23(18(15)25-16)10-13-3-5-14(19)6-4-13/h3-7,11H,8-10,20H2,1-2H3,(H,21,24). The molecule has 132 valence electrons. The van der Waals surface area contributed by atoms with Gasteiger partial charge in [-0.3, -0.25) is 9.48 Å². The van der Waals surface area contributed by atoms with Crippen molar-refractivity contribution in [1.29, 1.82) is 0 Å². The van der Waals surface area contributed by atoms with E-state index in [-0.39, 0.29) is 11.8 Å². The summed E-state index contributed by atoms with van der Waals surface area (Å²) >= 11 is 7.41. The van der Waals surface area contributed by atoms with Gasteiger partial charge in [-0.25, -0.2) is 0 Å². The van der Waals surface area contributed by atoms with Gasteiger partial charge >= 0.3 is 0 Å². The van der Waals surface area contributed by atoms with E-state index < -0.39 is 0 Å². The third-order valence-electron chi connectivity index (χ3n) is 4.09. The molecule has 0 saturated heterocycles. The van der Waals surface area contributed by atoms with Crippen LogP contribution in [0.25, 0.3) is 10.2 Å². The molecule has 1 amide bonds. The van der Waals surface area contributed by atoms with Crippen molar-refractivity contribution < 1.29 is 4.79 Å². The molecule has 1 aromatic carbocycles. The molecule has 1 unspecified atom stereocenters. The van der Waals surface area contributed by atoms with E-state index in [4.69, 9.17) is 17.3 Å². The summed E-state index contributed by atoms with van der Waals surface area (Å²) in [6, 6.07) is 9.64. The number of aromatic nitrogens is 2. The Bertz CT molecular complexity index is 885. The molecule has 7 heteroatoms. The average molecular weight is 377 g/mol. The molecule has 0 radical (unpaired) electrons. The summed E-state index contributed by atoms with van der Waals surface area (Å²) in [7, 11) is 0. The second-order valence-corrected chi connectivity index (χ2v) is 7.72. The van der Waals surface area contributed by atoms with Gasteiger partial charge < -0.3 is 11.1 Å². The number of carbonyl (C=O) groups is 1. The molecule has 2 aromatic heterocycles. The third-order valence-corrected chi connectivity index (χ3v) is 5.49. The average Bonchev–Trinajstić information content (AvgIpc) is 3.16. The van der Waals surface area contributed by atoms with Crippen LogP contribution in [0.4, 0.5) is 0 Å². The van der Waals surface area contributed by atoms with Crippen LogP contribution < -0.4 is 11.1 Å². The van der Waals surface area contributed by atoms with E-state index in [1.54, 1.807) is 0 Å². The minimum atomic E-state index is -0.0565. The third kappa shape index (κ3) is 4.03. The van der Waals surface area contributed by atoms with Crippen molar-refractivity contribution in [3.8, 4) is 0 Å². The van der Waals surface area contributed by atoms with Crippen molar-refractivity contribution >= 4 is 39.1 Å². The topological polar surface area (TPSA) is 72.9 Å². The maximum atomic E-state index is 12.4. The Morgan fingerprint density at radius 1 is 1.40 bits per heavy atom. The summed E-state index contributed by atoms with van der Waals surface area (Å²) in [5, 5.41) is 9.28. The molecule has 0 aliphatic carbocycles. The van der Waals surface area contributed by atoms with Crippen molar-refractivity contribution in [2.24, 2.45) is 11.7 Å². The zero-order valence-corrected chi connectivity index (χ0v) is 15.8. The Morgan fingerprint density at radius 2 is 2.12 bits per heavy atom. The van der Waals surface area contributed by atoms with E-state index in [1.165, 1.54) is 11.3 Å². The zero-order chi connectivity index (χ0) is 18.0. The van der Waals surface area contributed by atoms with E-state index in [0.717, 1.165) is 21.5 Å². The molecule has 3 rings (SSSR count). The van der Waals surface area contributed by atoms with Crippen molar-refractivity contribution in [2.45, 2.75) is 20.4 Å². The van der Waals surface area contributed by atoms with Gasteiger partial charge in [0, 0.05) is 17.0 Å². The number of carbonyl (C=O) groups excluding carboxylic acids is 1. The molecule has 3 aromatic rings. The van der Waals surface area contributed by atoms with Crippen molar-refractivity contribution in [2.75, 3.05) is 13.1 Å². The minimum Gasteiger partial charge on any atom is -0.351 e. The summed E-state index contributed by atoms with van der Waals surface area (Å²) in [6.07, 6.45) is 0. The first kappa shape index (κ1) is 17.9. The summed E-state index contributed by atoms with van der Waals surface area (Å²) in [6.45, 7) is 5.76. The SMILES string of the molecule is Cc1nn(Cc2ccc(Cl)cc2)c2sc(C(=O)NCC(C)CN)cc12. The van der Waals surface area contributed by atoms with E-state index in [0.29, 0.717) is 29.5 Å². The first-order valence-electron chi connectivity index (χ1n) is 8.17. The molecule has 0 aliphatic rings. The zero-order valence-electron chi connectivity index (χ0n) is 14.3. The number of amides is 1. The van der Waals surface area contributed by atoms with E-state index in [9.17, 15) is 4.79 Å². The Balaban J connectivity index is 1.82. The summed E-state index contributed by atoms with van der Waals surface area (Å²) in [4.78, 5) is 14.1. The van der Waals surface area contributed by atoms with Crippen LogP contribution in [0.2, 0.25) is 5.02 Å². The molecule has 1 atom stereocenters. The van der Waals surface area contributed by atoms with Crippen LogP contribution in [0.1, 0.15) is 27.9 Å². The fourth-order valence-corrected chi connectivity index (χ4v) is 3.74. The number of hydrogen-bond donors (Lipinski definition) is 2. The van der Waals surface area contributed by atoms with Gasteiger partial charge in [0.15, 0.2) is 0 Å². The number of nitrogens with zero attached hydrogens (tertiary/aromatic N) is 2. The predicted octanol–water partition coefficient (Wildman–Crippen LogP) is 3.43. The normalized spacial score (nSPS) is 12.5. The van der Waals surface area contributed by atoms with Crippen LogP contribution in [0.5, 0.6) is 0 Å². The number of aryl methyl sites for hydroxylation is 1. The van der Waals surface area contributed by atoms with Gasteiger partial charge in [0.25, 0.3) is 5.91 Å². The van der Waals surface area contributed by atoms with Crippen molar-refractivity contribution in [3.05, 3.63) is 51.5 Å². The molecular weight excluding hydrogens is 356 g/mol. The molecule has 0 fully saturated rings. The second-order valence-electron chi connectivity index (χ2n) is 6.25. The number of halogens is 1. The van der Waals surface area contributed by atoms with Crippen LogP contribution >= 0.6 is 22.9 Å². The summed E-state index contributed by atoms with van der Waals surface area (Å²) in [5.41, 5.74) is 7.64. The number of rotatable bonds is 6. The first-order valence-corrected chi connectivity index (χ1v) is 9.37. The van der Waals surface area contributed by atoms with E-state index >= 15 is 0 Å². The van der Waals surface area contributed by atoms with Crippen LogP contribution in [0, 0.1) is 12.8 Å². The number of benzene rings is 1. The van der Waals surface area contributed by atoms with Gasteiger partial charge in [0.1, 0.15) is 4.83 Å². The van der Waals surface area contributed by atoms with E-state index in [2.05, 4.69) is 10.4 Å². The Labute approximate surface area is 155 Å². The number of hydrogen-bond acceptors (Lipinski definition) is 4. The van der Waals surface area contributed by atoms with Gasteiger partial charge in [-0.05, 0) is 43.1 Å². The molecule has 25 heavy (non-hydrogen) atoms. The lowest BCUT2D eigenvalue weighted by molar-refractivity contribution is 0.0952. The van der Waals surface area contributed by atoms with Gasteiger partial charge in [-0.1, -0.05) is 30.7 Å². The lowest BCUT2D eigenvalue weighted by atomic mass is 10.2. The monoisotopic (exact) mass is 376 g/mol. The molecule has 0 spiro atoms. The maximum absolute atomic E-state index is 12.4. The van der Waals surface area contributed by atoms with E-state index in [1.807, 2.05) is 48.9 Å². The lowest BCUT2D eigenvalue weighted by Crippen LogP contribution is -2.30. The summed E-state index contributed by atoms with van der Waals surface area (Å²) < 4.78 is 1.94. The largest absolute Gasteiger partial charge is 0.351 e. The Morgan fingerprint density at radius 3 is 2.80 bits per heavy atom. The van der Waals surface area contributed by atoms with Crippen molar-refractivity contribution in [3.63, 3.8) is 0 Å². The predicted molar refractivity (Wildman–Crippen MR) is 103 cm³/mol. The highest BCUT2D eigenvalue weighted by molar-refractivity contribution is 7.20.